The number of fused-ring (bicyclic) bond motifs is 1. The van der Waals surface area contributed by atoms with Gasteiger partial charge in [0.15, 0.2) is 5.58 Å². The molecule has 4 aromatic rings. The lowest BCUT2D eigenvalue weighted by molar-refractivity contribution is 0.102. The fraction of sp³-hybridized carbons (Fsp3) is 0.200. The fourth-order valence-corrected chi connectivity index (χ4v) is 3.22. The number of aryl methyl sites for hydroxylation is 2. The van der Waals surface area contributed by atoms with Crippen molar-refractivity contribution >= 4 is 22.7 Å². The first kappa shape index (κ1) is 19.7. The third-order valence-corrected chi connectivity index (χ3v) is 4.74. The van der Waals surface area contributed by atoms with E-state index in [1.165, 1.54) is 0 Å². The van der Waals surface area contributed by atoms with Crippen molar-refractivity contribution in [3.63, 3.8) is 0 Å². The monoisotopic (exact) mass is 400 g/mol. The molecule has 5 heteroatoms. The van der Waals surface area contributed by atoms with Crippen molar-refractivity contribution in [2.75, 3.05) is 5.32 Å². The smallest absolute Gasteiger partial charge is 0.255 e. The molecule has 0 fully saturated rings. The first-order valence-electron chi connectivity index (χ1n) is 9.95. The predicted octanol–water partition coefficient (Wildman–Crippen LogP) is 6.15. The van der Waals surface area contributed by atoms with Gasteiger partial charge < -0.3 is 14.5 Å². The predicted molar refractivity (Wildman–Crippen MR) is 119 cm³/mol. The molecule has 5 nitrogen and oxygen atoms in total. The van der Waals surface area contributed by atoms with Gasteiger partial charge in [-0.1, -0.05) is 18.2 Å². The number of carbonyl (C=O) groups is 1. The van der Waals surface area contributed by atoms with Crippen LogP contribution in [-0.2, 0) is 0 Å². The molecule has 0 aliphatic rings. The molecular formula is C25H24N2O3. The van der Waals surface area contributed by atoms with Crippen LogP contribution in [0.15, 0.2) is 65.1 Å². The van der Waals surface area contributed by atoms with E-state index in [0.29, 0.717) is 22.9 Å². The van der Waals surface area contributed by atoms with Gasteiger partial charge in [-0.15, -0.1) is 0 Å². The summed E-state index contributed by atoms with van der Waals surface area (Å²) in [5.41, 5.74) is 5.68. The van der Waals surface area contributed by atoms with E-state index in [0.717, 1.165) is 27.8 Å². The summed E-state index contributed by atoms with van der Waals surface area (Å²) in [6.07, 6.45) is 0.0438. The van der Waals surface area contributed by atoms with E-state index in [1.807, 2.05) is 76.2 Å². The van der Waals surface area contributed by atoms with E-state index >= 15 is 0 Å². The van der Waals surface area contributed by atoms with Gasteiger partial charge in [-0.25, -0.2) is 4.98 Å². The molecule has 1 heterocycles. The number of rotatable bonds is 5. The third-order valence-electron chi connectivity index (χ3n) is 4.74. The summed E-state index contributed by atoms with van der Waals surface area (Å²) in [6.45, 7) is 7.87. The lowest BCUT2D eigenvalue weighted by Crippen LogP contribution is -2.13. The number of amides is 1. The third kappa shape index (κ3) is 4.20. The summed E-state index contributed by atoms with van der Waals surface area (Å²) < 4.78 is 11.6. The summed E-state index contributed by atoms with van der Waals surface area (Å²) in [5, 5.41) is 3.00. The average Bonchev–Trinajstić information content (AvgIpc) is 3.12. The lowest BCUT2D eigenvalue weighted by atomic mass is 10.1. The number of nitrogens with zero attached hydrogens (tertiary/aromatic N) is 1. The SMILES string of the molecule is Cc1ccc2nc(-c3ccc(C)c(NC(=O)c4cccc(OC(C)C)c4)c3)oc2c1. The Morgan fingerprint density at radius 3 is 2.67 bits per heavy atom. The molecule has 1 N–H and O–H groups in total. The average molecular weight is 400 g/mol. The molecule has 0 atom stereocenters. The van der Waals surface area contributed by atoms with Gasteiger partial charge in [-0.3, -0.25) is 4.79 Å². The van der Waals surface area contributed by atoms with Crippen molar-refractivity contribution in [3.05, 3.63) is 77.4 Å². The second-order valence-corrected chi connectivity index (χ2v) is 7.67. The molecule has 1 amide bonds. The van der Waals surface area contributed by atoms with Gasteiger partial charge in [-0.2, -0.15) is 0 Å². The van der Waals surface area contributed by atoms with Crippen LogP contribution in [0.1, 0.15) is 35.3 Å². The van der Waals surface area contributed by atoms with Crippen LogP contribution < -0.4 is 10.1 Å². The highest BCUT2D eigenvalue weighted by Crippen LogP contribution is 2.29. The summed E-state index contributed by atoms with van der Waals surface area (Å²) in [7, 11) is 0. The first-order valence-corrected chi connectivity index (χ1v) is 9.95. The van der Waals surface area contributed by atoms with Crippen LogP contribution in [0.2, 0.25) is 0 Å². The number of hydrogen-bond donors (Lipinski definition) is 1. The Labute approximate surface area is 175 Å². The maximum atomic E-state index is 12.8. The van der Waals surface area contributed by atoms with Gasteiger partial charge in [0, 0.05) is 16.8 Å². The number of aromatic nitrogens is 1. The van der Waals surface area contributed by atoms with E-state index in [2.05, 4.69) is 10.3 Å². The highest BCUT2D eigenvalue weighted by Gasteiger charge is 2.13. The zero-order valence-electron chi connectivity index (χ0n) is 17.5. The van der Waals surface area contributed by atoms with Crippen LogP contribution in [0.3, 0.4) is 0 Å². The molecule has 4 rings (SSSR count). The van der Waals surface area contributed by atoms with Crippen LogP contribution in [-0.4, -0.2) is 17.0 Å². The maximum Gasteiger partial charge on any atom is 0.255 e. The van der Waals surface area contributed by atoms with Gasteiger partial charge in [-0.05, 0) is 81.3 Å². The van der Waals surface area contributed by atoms with Crippen LogP contribution in [0.4, 0.5) is 5.69 Å². The van der Waals surface area contributed by atoms with Gasteiger partial charge in [0.2, 0.25) is 5.89 Å². The van der Waals surface area contributed by atoms with Crippen molar-refractivity contribution < 1.29 is 13.9 Å². The number of benzene rings is 3. The molecule has 1 aromatic heterocycles. The van der Waals surface area contributed by atoms with Crippen LogP contribution >= 0.6 is 0 Å². The summed E-state index contributed by atoms with van der Waals surface area (Å²) in [6, 6.07) is 18.9. The Kier molecular flexibility index (Phi) is 5.27. The lowest BCUT2D eigenvalue weighted by Gasteiger charge is -2.12. The molecule has 30 heavy (non-hydrogen) atoms. The van der Waals surface area contributed by atoms with Crippen molar-refractivity contribution in [1.82, 2.24) is 4.98 Å². The Hall–Kier alpha value is -3.60. The highest BCUT2D eigenvalue weighted by molar-refractivity contribution is 6.05. The van der Waals surface area contributed by atoms with E-state index in [-0.39, 0.29) is 12.0 Å². The molecule has 0 radical (unpaired) electrons. The van der Waals surface area contributed by atoms with E-state index in [4.69, 9.17) is 9.15 Å². The second kappa shape index (κ2) is 8.03. The largest absolute Gasteiger partial charge is 0.491 e. The van der Waals surface area contributed by atoms with Crippen LogP contribution in [0.25, 0.3) is 22.6 Å². The minimum Gasteiger partial charge on any atom is -0.491 e. The number of anilines is 1. The normalized spacial score (nSPS) is 11.1. The number of ether oxygens (including phenoxy) is 1. The standard InChI is InChI=1S/C25H24N2O3/c1-15(2)29-20-7-5-6-18(13-20)24(28)26-22-14-19(10-9-17(22)4)25-27-21-11-8-16(3)12-23(21)30-25/h5-15H,1-4H3,(H,26,28). The van der Waals surface area contributed by atoms with Gasteiger partial charge in [0.1, 0.15) is 11.3 Å². The zero-order valence-corrected chi connectivity index (χ0v) is 17.5. The maximum absolute atomic E-state index is 12.8. The molecule has 0 aliphatic heterocycles. The quantitative estimate of drug-likeness (QED) is 0.436. The van der Waals surface area contributed by atoms with E-state index < -0.39 is 0 Å². The van der Waals surface area contributed by atoms with E-state index in [1.54, 1.807) is 12.1 Å². The van der Waals surface area contributed by atoms with Gasteiger partial charge >= 0.3 is 0 Å². The van der Waals surface area contributed by atoms with Crippen molar-refractivity contribution in [1.29, 1.82) is 0 Å². The van der Waals surface area contributed by atoms with Gasteiger partial charge in [0.25, 0.3) is 5.91 Å². The summed E-state index contributed by atoms with van der Waals surface area (Å²) in [4.78, 5) is 17.4. The number of oxazole rings is 1. The topological polar surface area (TPSA) is 64.4 Å². The van der Waals surface area contributed by atoms with Crippen molar-refractivity contribution in [3.8, 4) is 17.2 Å². The molecule has 152 valence electrons. The number of hydrogen-bond acceptors (Lipinski definition) is 4. The second-order valence-electron chi connectivity index (χ2n) is 7.67. The minimum atomic E-state index is -0.197. The Balaban J connectivity index is 1.61. The molecule has 0 saturated heterocycles. The first-order chi connectivity index (χ1) is 14.4. The molecular weight excluding hydrogens is 376 g/mol. The molecule has 0 bridgehead atoms. The highest BCUT2D eigenvalue weighted by atomic mass is 16.5. The summed E-state index contributed by atoms with van der Waals surface area (Å²) in [5.74, 6) is 1.00. The van der Waals surface area contributed by atoms with E-state index in [9.17, 15) is 4.79 Å². The van der Waals surface area contributed by atoms with Crippen molar-refractivity contribution in [2.24, 2.45) is 0 Å². The summed E-state index contributed by atoms with van der Waals surface area (Å²) >= 11 is 0. The van der Waals surface area contributed by atoms with Crippen molar-refractivity contribution in [2.45, 2.75) is 33.8 Å². The number of nitrogens with one attached hydrogen (secondary N) is 1. The zero-order chi connectivity index (χ0) is 21.3. The number of carbonyl (C=O) groups excluding carboxylic acids is 1. The fourth-order valence-electron chi connectivity index (χ4n) is 3.22. The molecule has 3 aromatic carbocycles. The molecule has 0 saturated carbocycles. The molecule has 0 unspecified atom stereocenters. The Morgan fingerprint density at radius 1 is 1.03 bits per heavy atom. The Morgan fingerprint density at radius 2 is 1.87 bits per heavy atom. The van der Waals surface area contributed by atoms with Crippen LogP contribution in [0, 0.1) is 13.8 Å². The minimum absolute atomic E-state index is 0.0438. The van der Waals surface area contributed by atoms with Gasteiger partial charge in [0.05, 0.1) is 6.10 Å². The van der Waals surface area contributed by atoms with Crippen LogP contribution in [0.5, 0.6) is 5.75 Å². The molecule has 0 spiro atoms. The Bertz CT molecular complexity index is 1220. The molecule has 0 aliphatic carbocycles.